The zero-order chi connectivity index (χ0) is 18.5. The highest BCUT2D eigenvalue weighted by molar-refractivity contribution is 7.13. The SMILES string of the molecule is O=C(CC1CCCCC1)Nc1cccc(-c2csc(-c3ccccn3)n2)c1. The van der Waals surface area contributed by atoms with Crippen molar-refractivity contribution in [2.75, 3.05) is 5.32 Å². The largest absolute Gasteiger partial charge is 0.326 e. The first-order chi connectivity index (χ1) is 13.3. The van der Waals surface area contributed by atoms with Gasteiger partial charge in [-0.2, -0.15) is 0 Å². The highest BCUT2D eigenvalue weighted by Gasteiger charge is 2.17. The predicted molar refractivity (Wildman–Crippen MR) is 111 cm³/mol. The number of aromatic nitrogens is 2. The molecule has 0 saturated heterocycles. The van der Waals surface area contributed by atoms with E-state index in [9.17, 15) is 4.79 Å². The highest BCUT2D eigenvalue weighted by Crippen LogP contribution is 2.30. The Morgan fingerprint density at radius 2 is 1.96 bits per heavy atom. The molecule has 0 aliphatic heterocycles. The van der Waals surface area contributed by atoms with Gasteiger partial charge in [0, 0.05) is 29.2 Å². The summed E-state index contributed by atoms with van der Waals surface area (Å²) < 4.78 is 0. The number of carbonyl (C=O) groups is 1. The molecule has 3 aromatic rings. The average Bonchev–Trinajstić information content (AvgIpc) is 3.20. The van der Waals surface area contributed by atoms with Crippen LogP contribution in [-0.4, -0.2) is 15.9 Å². The van der Waals surface area contributed by atoms with Gasteiger partial charge in [0.05, 0.1) is 11.4 Å². The van der Waals surface area contributed by atoms with E-state index in [2.05, 4.69) is 10.3 Å². The summed E-state index contributed by atoms with van der Waals surface area (Å²) in [5.74, 6) is 0.660. The molecule has 4 rings (SSSR count). The Morgan fingerprint density at radius 1 is 1.07 bits per heavy atom. The number of amides is 1. The summed E-state index contributed by atoms with van der Waals surface area (Å²) in [6.45, 7) is 0. The van der Waals surface area contributed by atoms with E-state index in [1.807, 2.05) is 47.8 Å². The zero-order valence-electron chi connectivity index (χ0n) is 15.2. The molecule has 5 heteroatoms. The number of hydrogen-bond donors (Lipinski definition) is 1. The first-order valence-electron chi connectivity index (χ1n) is 9.55. The number of pyridine rings is 1. The summed E-state index contributed by atoms with van der Waals surface area (Å²) in [6, 6.07) is 13.7. The fraction of sp³-hybridized carbons (Fsp3) is 0.318. The van der Waals surface area contributed by atoms with Gasteiger partial charge in [0.1, 0.15) is 5.01 Å². The summed E-state index contributed by atoms with van der Waals surface area (Å²) in [5.41, 5.74) is 3.62. The minimum Gasteiger partial charge on any atom is -0.326 e. The fourth-order valence-corrected chi connectivity index (χ4v) is 4.44. The molecule has 1 fully saturated rings. The van der Waals surface area contributed by atoms with Crippen molar-refractivity contribution in [3.05, 3.63) is 54.0 Å². The second-order valence-electron chi connectivity index (χ2n) is 7.09. The van der Waals surface area contributed by atoms with Crippen molar-refractivity contribution in [1.82, 2.24) is 9.97 Å². The third kappa shape index (κ3) is 4.61. The quantitative estimate of drug-likeness (QED) is 0.613. The van der Waals surface area contributed by atoms with E-state index < -0.39 is 0 Å². The van der Waals surface area contributed by atoms with Crippen LogP contribution >= 0.6 is 11.3 Å². The van der Waals surface area contributed by atoms with Crippen molar-refractivity contribution in [2.45, 2.75) is 38.5 Å². The van der Waals surface area contributed by atoms with Crippen LogP contribution in [0.4, 0.5) is 5.69 Å². The molecule has 27 heavy (non-hydrogen) atoms. The lowest BCUT2D eigenvalue weighted by Gasteiger charge is -2.20. The third-order valence-corrected chi connectivity index (χ3v) is 5.89. The van der Waals surface area contributed by atoms with Crippen molar-refractivity contribution in [3.8, 4) is 22.0 Å². The smallest absolute Gasteiger partial charge is 0.224 e. The number of anilines is 1. The molecule has 0 spiro atoms. The van der Waals surface area contributed by atoms with Crippen LogP contribution in [0, 0.1) is 5.92 Å². The van der Waals surface area contributed by atoms with Crippen molar-refractivity contribution < 1.29 is 4.79 Å². The van der Waals surface area contributed by atoms with Gasteiger partial charge in [-0.3, -0.25) is 9.78 Å². The second kappa shape index (κ2) is 8.44. The Hall–Kier alpha value is -2.53. The van der Waals surface area contributed by atoms with Gasteiger partial charge in [0.15, 0.2) is 0 Å². The van der Waals surface area contributed by atoms with Crippen LogP contribution in [0.1, 0.15) is 38.5 Å². The first kappa shape index (κ1) is 17.9. The molecule has 0 unspecified atom stereocenters. The molecule has 138 valence electrons. The van der Waals surface area contributed by atoms with E-state index in [0.717, 1.165) is 27.6 Å². The van der Waals surface area contributed by atoms with E-state index in [-0.39, 0.29) is 5.91 Å². The van der Waals surface area contributed by atoms with Gasteiger partial charge in [-0.1, -0.05) is 37.5 Å². The summed E-state index contributed by atoms with van der Waals surface area (Å²) in [7, 11) is 0. The Balaban J connectivity index is 1.44. The number of nitrogens with one attached hydrogen (secondary N) is 1. The molecular formula is C22H23N3OS. The van der Waals surface area contributed by atoms with E-state index >= 15 is 0 Å². The van der Waals surface area contributed by atoms with Crippen LogP contribution in [0.3, 0.4) is 0 Å². The van der Waals surface area contributed by atoms with E-state index in [1.54, 1.807) is 17.5 Å². The molecule has 1 saturated carbocycles. The Morgan fingerprint density at radius 3 is 2.78 bits per heavy atom. The van der Waals surface area contributed by atoms with Crippen LogP contribution in [0.15, 0.2) is 54.0 Å². The number of nitrogens with zero attached hydrogens (tertiary/aromatic N) is 2. The molecular weight excluding hydrogens is 354 g/mol. The predicted octanol–water partition coefficient (Wildman–Crippen LogP) is 5.78. The minimum atomic E-state index is 0.117. The fourth-order valence-electron chi connectivity index (χ4n) is 3.63. The van der Waals surface area contributed by atoms with Gasteiger partial charge in [-0.05, 0) is 43.0 Å². The standard InChI is InChI=1S/C22H23N3OS/c26-21(13-16-7-2-1-3-8-16)24-18-10-6-9-17(14-18)20-15-27-22(25-20)19-11-4-5-12-23-19/h4-6,9-12,14-16H,1-3,7-8,13H2,(H,24,26). The second-order valence-corrected chi connectivity index (χ2v) is 7.95. The summed E-state index contributed by atoms with van der Waals surface area (Å²) in [4.78, 5) is 21.5. The first-order valence-corrected chi connectivity index (χ1v) is 10.4. The van der Waals surface area contributed by atoms with E-state index in [1.165, 1.54) is 32.1 Å². The molecule has 4 nitrogen and oxygen atoms in total. The monoisotopic (exact) mass is 377 g/mol. The van der Waals surface area contributed by atoms with Crippen molar-refractivity contribution >= 4 is 22.9 Å². The summed E-state index contributed by atoms with van der Waals surface area (Å²) in [6.07, 6.45) is 8.61. The molecule has 0 bridgehead atoms. The molecule has 1 aliphatic carbocycles. The van der Waals surface area contributed by atoms with Crippen LogP contribution < -0.4 is 5.32 Å². The van der Waals surface area contributed by atoms with Gasteiger partial charge in [-0.25, -0.2) is 4.98 Å². The molecule has 0 radical (unpaired) electrons. The van der Waals surface area contributed by atoms with Crippen LogP contribution in [0.25, 0.3) is 22.0 Å². The molecule has 2 heterocycles. The van der Waals surface area contributed by atoms with E-state index in [4.69, 9.17) is 4.98 Å². The van der Waals surface area contributed by atoms with Crippen LogP contribution in [-0.2, 0) is 4.79 Å². The van der Waals surface area contributed by atoms with Gasteiger partial charge in [0.2, 0.25) is 5.91 Å². The van der Waals surface area contributed by atoms with Gasteiger partial charge in [-0.15, -0.1) is 11.3 Å². The summed E-state index contributed by atoms with van der Waals surface area (Å²) >= 11 is 1.58. The van der Waals surface area contributed by atoms with Crippen molar-refractivity contribution in [2.24, 2.45) is 5.92 Å². The molecule has 1 N–H and O–H groups in total. The van der Waals surface area contributed by atoms with Crippen LogP contribution in [0.5, 0.6) is 0 Å². The molecule has 0 atom stereocenters. The lowest BCUT2D eigenvalue weighted by molar-refractivity contribution is -0.117. The number of rotatable bonds is 5. The zero-order valence-corrected chi connectivity index (χ0v) is 16.0. The Labute approximate surface area is 163 Å². The lowest BCUT2D eigenvalue weighted by atomic mass is 9.87. The van der Waals surface area contributed by atoms with Gasteiger partial charge >= 0.3 is 0 Å². The highest BCUT2D eigenvalue weighted by atomic mass is 32.1. The maximum atomic E-state index is 12.4. The summed E-state index contributed by atoms with van der Waals surface area (Å²) in [5, 5.41) is 6.00. The van der Waals surface area contributed by atoms with Crippen molar-refractivity contribution in [1.29, 1.82) is 0 Å². The molecule has 1 aromatic carbocycles. The number of benzene rings is 1. The number of thiazole rings is 1. The molecule has 2 aromatic heterocycles. The van der Waals surface area contributed by atoms with Crippen LogP contribution in [0.2, 0.25) is 0 Å². The van der Waals surface area contributed by atoms with Gasteiger partial charge in [0.25, 0.3) is 0 Å². The number of carbonyl (C=O) groups excluding carboxylic acids is 1. The Bertz CT molecular complexity index is 901. The topological polar surface area (TPSA) is 54.9 Å². The molecule has 1 aliphatic rings. The average molecular weight is 378 g/mol. The lowest BCUT2D eigenvalue weighted by Crippen LogP contribution is -2.18. The van der Waals surface area contributed by atoms with Gasteiger partial charge < -0.3 is 5.32 Å². The maximum Gasteiger partial charge on any atom is 0.224 e. The normalized spacial score (nSPS) is 14.8. The van der Waals surface area contributed by atoms with E-state index in [0.29, 0.717) is 12.3 Å². The maximum absolute atomic E-state index is 12.4. The minimum absolute atomic E-state index is 0.117. The number of hydrogen-bond acceptors (Lipinski definition) is 4. The third-order valence-electron chi connectivity index (χ3n) is 5.03. The van der Waals surface area contributed by atoms with Crippen molar-refractivity contribution in [3.63, 3.8) is 0 Å². The Kier molecular flexibility index (Phi) is 5.58. The molecule has 1 amide bonds.